The van der Waals surface area contributed by atoms with Crippen LogP contribution in [0.4, 0.5) is 0 Å². The molecule has 0 aliphatic heterocycles. The van der Waals surface area contributed by atoms with Crippen molar-refractivity contribution >= 4 is 29.9 Å². The van der Waals surface area contributed by atoms with Crippen molar-refractivity contribution in [2.24, 2.45) is 17.5 Å². The van der Waals surface area contributed by atoms with Crippen molar-refractivity contribution < 1.29 is 0 Å². The predicted octanol–water partition coefficient (Wildman–Crippen LogP) is 2.77. The molecule has 1 aromatic heterocycles. The fraction of sp³-hybridized carbons (Fsp3) is 0.812. The van der Waals surface area contributed by atoms with Gasteiger partial charge >= 0.3 is 0 Å². The number of hydrogen-bond donors (Lipinski definition) is 2. The van der Waals surface area contributed by atoms with Gasteiger partial charge in [-0.2, -0.15) is 0 Å². The zero-order valence-corrected chi connectivity index (χ0v) is 17.3. The number of nitrogens with zero attached hydrogens (tertiary/aromatic N) is 4. The van der Waals surface area contributed by atoms with Crippen molar-refractivity contribution in [2.45, 2.75) is 66.0 Å². The van der Waals surface area contributed by atoms with Gasteiger partial charge in [0.05, 0.1) is 0 Å². The van der Waals surface area contributed by atoms with Gasteiger partial charge in [0.1, 0.15) is 12.4 Å². The number of guanidine groups is 1. The first-order chi connectivity index (χ1) is 10.4. The topological polar surface area (TPSA) is 67.1 Å². The molecule has 2 rings (SSSR count). The van der Waals surface area contributed by atoms with Crippen molar-refractivity contribution in [1.29, 1.82) is 0 Å². The highest BCUT2D eigenvalue weighted by molar-refractivity contribution is 14.0. The van der Waals surface area contributed by atoms with E-state index in [-0.39, 0.29) is 24.0 Å². The van der Waals surface area contributed by atoms with Gasteiger partial charge in [-0.05, 0) is 44.9 Å². The monoisotopic (exact) mass is 434 g/mol. The highest BCUT2D eigenvalue weighted by Gasteiger charge is 2.27. The van der Waals surface area contributed by atoms with E-state index in [2.05, 4.69) is 46.6 Å². The quantitative estimate of drug-likeness (QED) is 0.435. The minimum absolute atomic E-state index is 0. The van der Waals surface area contributed by atoms with Gasteiger partial charge in [-0.3, -0.25) is 0 Å². The summed E-state index contributed by atoms with van der Waals surface area (Å²) in [6.07, 6.45) is 4.96. The third-order valence-electron chi connectivity index (χ3n) is 4.59. The average molecular weight is 434 g/mol. The summed E-state index contributed by atoms with van der Waals surface area (Å²) in [6, 6.07) is 0.520. The molecule has 6 nitrogen and oxygen atoms in total. The standard InChI is InChI=1S/C16H30N6.HI/c1-6-17-15(18-11-14-21-20-12(2)22(14)5)19-13-7-9-16(3,4)10-8-13;/h13H,6-11H2,1-5H3,(H2,17,18,19);1H. The van der Waals surface area contributed by atoms with Gasteiger partial charge in [0.25, 0.3) is 0 Å². The largest absolute Gasteiger partial charge is 0.357 e. The van der Waals surface area contributed by atoms with Crippen LogP contribution in [0.2, 0.25) is 0 Å². The molecule has 1 aromatic rings. The SMILES string of the molecule is CCNC(=NCc1nnc(C)n1C)NC1CCC(C)(C)CC1.I. The van der Waals surface area contributed by atoms with Gasteiger partial charge in [-0.1, -0.05) is 13.8 Å². The van der Waals surface area contributed by atoms with Crippen molar-refractivity contribution in [3.05, 3.63) is 11.6 Å². The lowest BCUT2D eigenvalue weighted by atomic mass is 9.75. The van der Waals surface area contributed by atoms with Crippen LogP contribution in [0.3, 0.4) is 0 Å². The van der Waals surface area contributed by atoms with E-state index in [1.807, 2.05) is 18.5 Å². The number of aromatic nitrogens is 3. The summed E-state index contributed by atoms with van der Waals surface area (Å²) in [5.74, 6) is 2.69. The van der Waals surface area contributed by atoms with Crippen molar-refractivity contribution in [3.63, 3.8) is 0 Å². The Bertz CT molecular complexity index is 513. The van der Waals surface area contributed by atoms with E-state index < -0.39 is 0 Å². The van der Waals surface area contributed by atoms with Crippen LogP contribution < -0.4 is 10.6 Å². The fourth-order valence-electron chi connectivity index (χ4n) is 2.80. The van der Waals surface area contributed by atoms with Crippen molar-refractivity contribution in [3.8, 4) is 0 Å². The summed E-state index contributed by atoms with van der Waals surface area (Å²) in [5, 5.41) is 15.1. The van der Waals surface area contributed by atoms with Gasteiger partial charge in [-0.25, -0.2) is 4.99 Å². The lowest BCUT2D eigenvalue weighted by Crippen LogP contribution is -2.45. The zero-order chi connectivity index (χ0) is 16.2. The number of aryl methyl sites for hydroxylation is 1. The maximum Gasteiger partial charge on any atom is 0.191 e. The minimum Gasteiger partial charge on any atom is -0.357 e. The van der Waals surface area contributed by atoms with E-state index in [1.165, 1.54) is 25.7 Å². The summed E-state index contributed by atoms with van der Waals surface area (Å²) in [4.78, 5) is 4.66. The Hall–Kier alpha value is -0.860. The molecule has 1 saturated carbocycles. The van der Waals surface area contributed by atoms with E-state index in [0.717, 1.165) is 24.2 Å². The van der Waals surface area contributed by atoms with Crippen molar-refractivity contribution in [2.75, 3.05) is 6.54 Å². The Kier molecular flexibility index (Phi) is 7.76. The van der Waals surface area contributed by atoms with E-state index in [9.17, 15) is 0 Å². The van der Waals surface area contributed by atoms with Crippen LogP contribution in [0.25, 0.3) is 0 Å². The molecule has 0 aromatic carbocycles. The van der Waals surface area contributed by atoms with E-state index in [4.69, 9.17) is 0 Å². The second-order valence-electron chi connectivity index (χ2n) is 7.00. The lowest BCUT2D eigenvalue weighted by molar-refractivity contribution is 0.216. The molecule has 0 unspecified atom stereocenters. The Morgan fingerprint density at radius 1 is 1.30 bits per heavy atom. The molecule has 1 aliphatic carbocycles. The molecule has 0 saturated heterocycles. The van der Waals surface area contributed by atoms with Crippen LogP contribution in [-0.4, -0.2) is 33.3 Å². The normalized spacial score (nSPS) is 18.4. The summed E-state index contributed by atoms with van der Waals surface area (Å²) in [6.45, 7) is 10.2. The fourth-order valence-corrected chi connectivity index (χ4v) is 2.80. The zero-order valence-electron chi connectivity index (χ0n) is 15.0. The Balaban J connectivity index is 0.00000264. The highest BCUT2D eigenvalue weighted by Crippen LogP contribution is 2.34. The van der Waals surface area contributed by atoms with E-state index >= 15 is 0 Å². The Labute approximate surface area is 157 Å². The third kappa shape index (κ3) is 5.93. The van der Waals surface area contributed by atoms with Crippen molar-refractivity contribution in [1.82, 2.24) is 25.4 Å². The molecule has 7 heteroatoms. The summed E-state index contributed by atoms with van der Waals surface area (Å²) >= 11 is 0. The maximum absolute atomic E-state index is 4.66. The van der Waals surface area contributed by atoms with Gasteiger partial charge in [0.15, 0.2) is 11.8 Å². The maximum atomic E-state index is 4.66. The van der Waals surface area contributed by atoms with Crippen LogP contribution >= 0.6 is 24.0 Å². The number of nitrogens with one attached hydrogen (secondary N) is 2. The number of aliphatic imine (C=N–C) groups is 1. The Morgan fingerprint density at radius 2 is 1.96 bits per heavy atom. The van der Waals surface area contributed by atoms with Crippen LogP contribution in [0.15, 0.2) is 4.99 Å². The first kappa shape index (κ1) is 20.2. The second-order valence-corrected chi connectivity index (χ2v) is 7.00. The molecule has 0 spiro atoms. The van der Waals surface area contributed by atoms with Gasteiger partial charge in [0, 0.05) is 19.6 Å². The summed E-state index contributed by atoms with van der Waals surface area (Å²) in [5.41, 5.74) is 0.490. The molecule has 1 fully saturated rings. The first-order valence-electron chi connectivity index (χ1n) is 8.31. The number of hydrogen-bond acceptors (Lipinski definition) is 3. The van der Waals surface area contributed by atoms with Gasteiger partial charge < -0.3 is 15.2 Å². The molecule has 1 heterocycles. The molecule has 2 N–H and O–H groups in total. The summed E-state index contributed by atoms with van der Waals surface area (Å²) < 4.78 is 1.98. The van der Waals surface area contributed by atoms with Crippen LogP contribution in [0.1, 0.15) is 58.1 Å². The smallest absolute Gasteiger partial charge is 0.191 e. The molecular weight excluding hydrogens is 403 g/mol. The van der Waals surface area contributed by atoms with Crippen LogP contribution in [0, 0.1) is 12.3 Å². The molecule has 0 bridgehead atoms. The highest BCUT2D eigenvalue weighted by atomic mass is 127. The van der Waals surface area contributed by atoms with E-state index in [0.29, 0.717) is 18.0 Å². The van der Waals surface area contributed by atoms with E-state index in [1.54, 1.807) is 0 Å². The minimum atomic E-state index is 0. The third-order valence-corrected chi connectivity index (χ3v) is 4.59. The van der Waals surface area contributed by atoms with Gasteiger partial charge in [0.2, 0.25) is 0 Å². The average Bonchev–Trinajstić information content (AvgIpc) is 2.79. The molecule has 0 atom stereocenters. The van der Waals surface area contributed by atoms with Crippen LogP contribution in [0.5, 0.6) is 0 Å². The van der Waals surface area contributed by atoms with Gasteiger partial charge in [-0.15, -0.1) is 34.2 Å². The second kappa shape index (κ2) is 8.84. The Morgan fingerprint density at radius 3 is 2.48 bits per heavy atom. The number of halogens is 1. The molecule has 23 heavy (non-hydrogen) atoms. The molecular formula is C16H31IN6. The predicted molar refractivity (Wildman–Crippen MR) is 105 cm³/mol. The van der Waals surface area contributed by atoms with Crippen LogP contribution in [-0.2, 0) is 13.6 Å². The first-order valence-corrected chi connectivity index (χ1v) is 8.31. The molecule has 0 radical (unpaired) electrons. The molecule has 0 amide bonds. The summed E-state index contributed by atoms with van der Waals surface area (Å²) in [7, 11) is 1.98. The molecule has 1 aliphatic rings. The molecule has 132 valence electrons. The lowest BCUT2D eigenvalue weighted by Gasteiger charge is -2.35. The number of rotatable bonds is 4.